The third-order valence-electron chi connectivity index (χ3n) is 1.04. The van der Waals surface area contributed by atoms with Crippen molar-refractivity contribution in [3.05, 3.63) is 24.5 Å². The number of hydrogen-bond donors (Lipinski definition) is 1. The molecule has 5 heteroatoms. The van der Waals surface area contributed by atoms with Gasteiger partial charge in [0.2, 0.25) is 0 Å². The molecule has 0 spiro atoms. The van der Waals surface area contributed by atoms with Gasteiger partial charge in [0.25, 0.3) is 0 Å². The van der Waals surface area contributed by atoms with Crippen LogP contribution in [0.15, 0.2) is 34.8 Å². The number of nitrogens with zero attached hydrogens (tertiary/aromatic N) is 3. The molecule has 0 fully saturated rings. The van der Waals surface area contributed by atoms with Crippen molar-refractivity contribution >= 4 is 11.7 Å². The van der Waals surface area contributed by atoms with Gasteiger partial charge in [-0.3, -0.25) is 9.78 Å². The third kappa shape index (κ3) is 2.87. The second-order valence-corrected chi connectivity index (χ2v) is 2.00. The van der Waals surface area contributed by atoms with E-state index in [0.29, 0.717) is 5.69 Å². The number of carboxylic acids is 1. The minimum absolute atomic E-state index is 0.311. The number of carbonyl (C=O) groups is 1. The van der Waals surface area contributed by atoms with Gasteiger partial charge in [-0.1, -0.05) is 0 Å². The Balaban J connectivity index is 2.52. The molecule has 1 N–H and O–H groups in total. The van der Waals surface area contributed by atoms with Crippen LogP contribution in [0.2, 0.25) is 0 Å². The highest BCUT2D eigenvalue weighted by atomic mass is 16.4. The first-order chi connectivity index (χ1) is 5.79. The summed E-state index contributed by atoms with van der Waals surface area (Å²) >= 11 is 0. The summed E-state index contributed by atoms with van der Waals surface area (Å²) < 4.78 is 0. The summed E-state index contributed by atoms with van der Waals surface area (Å²) in [6, 6.07) is 3.40. The van der Waals surface area contributed by atoms with Crippen LogP contribution >= 0.6 is 0 Å². The highest BCUT2D eigenvalue weighted by Gasteiger charge is 1.91. The quantitative estimate of drug-likeness (QED) is 0.685. The second-order valence-electron chi connectivity index (χ2n) is 2.00. The van der Waals surface area contributed by atoms with Crippen LogP contribution in [0.25, 0.3) is 0 Å². The molecule has 5 nitrogen and oxygen atoms in total. The van der Waals surface area contributed by atoms with Gasteiger partial charge >= 0.3 is 5.97 Å². The van der Waals surface area contributed by atoms with Crippen LogP contribution in [0.4, 0.5) is 5.69 Å². The van der Waals surface area contributed by atoms with Gasteiger partial charge in [0.15, 0.2) is 6.54 Å². The van der Waals surface area contributed by atoms with Gasteiger partial charge in [-0.2, -0.15) is 10.2 Å². The summed E-state index contributed by atoms with van der Waals surface area (Å²) in [5.41, 5.74) is 0.554. The lowest BCUT2D eigenvalue weighted by atomic mass is 10.4. The van der Waals surface area contributed by atoms with Gasteiger partial charge < -0.3 is 5.11 Å². The molecule has 0 radical (unpaired) electrons. The zero-order valence-electron chi connectivity index (χ0n) is 6.21. The smallest absolute Gasteiger partial charge is 0.327 e. The summed E-state index contributed by atoms with van der Waals surface area (Å²) in [4.78, 5) is 13.8. The highest BCUT2D eigenvalue weighted by molar-refractivity contribution is 5.69. The van der Waals surface area contributed by atoms with Gasteiger partial charge in [-0.15, -0.1) is 0 Å². The first-order valence-corrected chi connectivity index (χ1v) is 3.28. The van der Waals surface area contributed by atoms with Crippen molar-refractivity contribution in [2.75, 3.05) is 6.54 Å². The van der Waals surface area contributed by atoms with Crippen molar-refractivity contribution in [2.45, 2.75) is 0 Å². The average Bonchev–Trinajstić information content (AvgIpc) is 2.05. The molecule has 0 amide bonds. The molecule has 1 rings (SSSR count). The first-order valence-electron chi connectivity index (χ1n) is 3.28. The predicted octanol–water partition coefficient (Wildman–Crippen LogP) is 1.25. The molecule has 0 aliphatic heterocycles. The molecule has 1 aromatic rings. The maximum Gasteiger partial charge on any atom is 0.327 e. The van der Waals surface area contributed by atoms with Crippen molar-refractivity contribution in [1.82, 2.24) is 4.98 Å². The molecule has 12 heavy (non-hydrogen) atoms. The highest BCUT2D eigenvalue weighted by Crippen LogP contribution is 2.07. The summed E-state index contributed by atoms with van der Waals surface area (Å²) in [5.74, 6) is -0.998. The van der Waals surface area contributed by atoms with Crippen LogP contribution in [-0.2, 0) is 4.79 Å². The van der Waals surface area contributed by atoms with Crippen LogP contribution in [0.1, 0.15) is 0 Å². The van der Waals surface area contributed by atoms with Crippen molar-refractivity contribution in [3.8, 4) is 0 Å². The Morgan fingerprint density at radius 3 is 3.08 bits per heavy atom. The number of pyridine rings is 1. The Morgan fingerprint density at radius 2 is 2.50 bits per heavy atom. The van der Waals surface area contributed by atoms with Gasteiger partial charge in [-0.05, 0) is 12.1 Å². The molecule has 0 aliphatic rings. The molecular weight excluding hydrogens is 158 g/mol. The number of azo groups is 1. The summed E-state index contributed by atoms with van der Waals surface area (Å²) in [5, 5.41) is 15.3. The molecule has 0 aromatic carbocycles. The minimum Gasteiger partial charge on any atom is -0.480 e. The van der Waals surface area contributed by atoms with Crippen molar-refractivity contribution < 1.29 is 9.90 Å². The number of rotatable bonds is 3. The standard InChI is InChI=1S/C7H7N3O2/c11-7(12)5-9-10-6-2-1-3-8-4-6/h1-4H,5H2,(H,11,12). The molecule has 0 saturated heterocycles. The van der Waals surface area contributed by atoms with E-state index in [1.54, 1.807) is 18.3 Å². The molecule has 0 aliphatic carbocycles. The zero-order valence-corrected chi connectivity index (χ0v) is 6.21. The number of aromatic nitrogens is 1. The van der Waals surface area contributed by atoms with Gasteiger partial charge in [0.1, 0.15) is 5.69 Å². The van der Waals surface area contributed by atoms with Crippen LogP contribution in [0.5, 0.6) is 0 Å². The number of hydrogen-bond acceptors (Lipinski definition) is 4. The Bertz CT molecular complexity index is 284. The summed E-state index contributed by atoms with van der Waals surface area (Å²) in [7, 11) is 0. The summed E-state index contributed by atoms with van der Waals surface area (Å²) in [6.45, 7) is -0.311. The Morgan fingerprint density at radius 1 is 1.67 bits per heavy atom. The van der Waals surface area contributed by atoms with E-state index >= 15 is 0 Å². The molecule has 0 unspecified atom stereocenters. The minimum atomic E-state index is -0.998. The molecule has 0 atom stereocenters. The molecule has 0 saturated carbocycles. The van der Waals surface area contributed by atoms with E-state index < -0.39 is 5.97 Å². The van der Waals surface area contributed by atoms with E-state index in [1.807, 2.05) is 0 Å². The molecule has 1 heterocycles. The third-order valence-corrected chi connectivity index (χ3v) is 1.04. The monoisotopic (exact) mass is 165 g/mol. The Kier molecular flexibility index (Phi) is 2.89. The molecule has 1 aromatic heterocycles. The molecule has 0 bridgehead atoms. The first kappa shape index (κ1) is 8.32. The van der Waals surface area contributed by atoms with E-state index in [4.69, 9.17) is 5.11 Å². The second kappa shape index (κ2) is 4.17. The normalized spacial score (nSPS) is 10.3. The van der Waals surface area contributed by atoms with E-state index in [0.717, 1.165) is 0 Å². The largest absolute Gasteiger partial charge is 0.480 e. The lowest BCUT2D eigenvalue weighted by molar-refractivity contribution is -0.135. The lowest BCUT2D eigenvalue weighted by Crippen LogP contribution is -1.97. The average molecular weight is 165 g/mol. The maximum absolute atomic E-state index is 10.0. The van der Waals surface area contributed by atoms with Crippen LogP contribution < -0.4 is 0 Å². The fourth-order valence-electron chi connectivity index (χ4n) is 0.590. The number of carboxylic acid groups (broad SMARTS) is 1. The Labute approximate surface area is 68.8 Å². The van der Waals surface area contributed by atoms with Crippen molar-refractivity contribution in [3.63, 3.8) is 0 Å². The van der Waals surface area contributed by atoms with Gasteiger partial charge in [0.05, 0.1) is 6.20 Å². The van der Waals surface area contributed by atoms with E-state index in [9.17, 15) is 4.79 Å². The van der Waals surface area contributed by atoms with Crippen LogP contribution in [0.3, 0.4) is 0 Å². The van der Waals surface area contributed by atoms with E-state index in [-0.39, 0.29) is 6.54 Å². The topological polar surface area (TPSA) is 74.9 Å². The van der Waals surface area contributed by atoms with Crippen molar-refractivity contribution in [2.24, 2.45) is 10.2 Å². The van der Waals surface area contributed by atoms with E-state index in [2.05, 4.69) is 15.2 Å². The lowest BCUT2D eigenvalue weighted by Gasteiger charge is -1.87. The molecule has 62 valence electrons. The van der Waals surface area contributed by atoms with Crippen LogP contribution in [0, 0.1) is 0 Å². The number of aliphatic carboxylic acids is 1. The van der Waals surface area contributed by atoms with Gasteiger partial charge in [0, 0.05) is 6.20 Å². The maximum atomic E-state index is 10.0. The van der Waals surface area contributed by atoms with E-state index in [1.165, 1.54) is 6.20 Å². The predicted molar refractivity (Wildman–Crippen MR) is 41.3 cm³/mol. The van der Waals surface area contributed by atoms with Gasteiger partial charge in [-0.25, -0.2) is 0 Å². The SMILES string of the molecule is O=C(O)CN=Nc1cccnc1. The fraction of sp³-hybridized carbons (Fsp3) is 0.143. The van der Waals surface area contributed by atoms with Crippen LogP contribution in [-0.4, -0.2) is 22.6 Å². The fourth-order valence-corrected chi connectivity index (χ4v) is 0.590. The molecular formula is C7H7N3O2. The van der Waals surface area contributed by atoms with Crippen molar-refractivity contribution in [1.29, 1.82) is 0 Å². The summed E-state index contributed by atoms with van der Waals surface area (Å²) in [6.07, 6.45) is 3.11. The Hall–Kier alpha value is -1.78. The zero-order chi connectivity index (χ0) is 8.81.